The number of hydrogen-bond acceptors (Lipinski definition) is 4. The number of ether oxygens (including phenoxy) is 1. The molecule has 2 atom stereocenters. The molecule has 1 saturated heterocycles. The highest BCUT2D eigenvalue weighted by atomic mass is 32.2. The van der Waals surface area contributed by atoms with Crippen molar-refractivity contribution >= 4 is 27.3 Å². The Morgan fingerprint density at radius 1 is 1.15 bits per heavy atom. The molecule has 136 valence electrons. The fourth-order valence-electron chi connectivity index (χ4n) is 3.59. The number of rotatable bonds is 4. The number of benzene rings is 2. The van der Waals surface area contributed by atoms with Crippen LogP contribution in [0.15, 0.2) is 48.5 Å². The van der Waals surface area contributed by atoms with E-state index in [0.717, 1.165) is 5.56 Å². The van der Waals surface area contributed by atoms with Crippen molar-refractivity contribution in [2.75, 3.05) is 23.3 Å². The maximum absolute atomic E-state index is 13.1. The van der Waals surface area contributed by atoms with Gasteiger partial charge in [0.25, 0.3) is 0 Å². The highest BCUT2D eigenvalue weighted by Crippen LogP contribution is 2.58. The molecule has 1 heterocycles. The van der Waals surface area contributed by atoms with Gasteiger partial charge in [-0.15, -0.1) is 0 Å². The van der Waals surface area contributed by atoms with Gasteiger partial charge in [-0.05, 0) is 49.7 Å². The average molecular weight is 372 g/mol. The maximum atomic E-state index is 13.1. The molecule has 2 aromatic carbocycles. The van der Waals surface area contributed by atoms with Crippen molar-refractivity contribution in [3.8, 4) is 5.75 Å². The van der Waals surface area contributed by atoms with Crippen molar-refractivity contribution in [1.82, 2.24) is 0 Å². The molecule has 0 aromatic heterocycles. The lowest BCUT2D eigenvalue weighted by Gasteiger charge is -2.23. The van der Waals surface area contributed by atoms with Crippen molar-refractivity contribution in [3.05, 3.63) is 54.1 Å². The topological polar surface area (TPSA) is 75.7 Å². The second-order valence-corrected chi connectivity index (χ2v) is 8.96. The summed E-state index contributed by atoms with van der Waals surface area (Å²) in [5, 5.41) is 2.75. The molecule has 2 unspecified atom stereocenters. The summed E-state index contributed by atoms with van der Waals surface area (Å²) >= 11 is 0. The first-order valence-corrected chi connectivity index (χ1v) is 9.87. The Bertz CT molecular complexity index is 954. The Hall–Kier alpha value is -2.54. The summed E-state index contributed by atoms with van der Waals surface area (Å²) in [7, 11) is -2.19. The van der Waals surface area contributed by atoms with Gasteiger partial charge in [0, 0.05) is 18.2 Å². The third-order valence-corrected chi connectivity index (χ3v) is 7.79. The summed E-state index contributed by atoms with van der Waals surface area (Å²) in [6, 6.07) is 14.2. The van der Waals surface area contributed by atoms with Crippen LogP contribution < -0.4 is 14.4 Å². The number of carbonyl (C=O) groups is 1. The van der Waals surface area contributed by atoms with Gasteiger partial charge in [0.2, 0.25) is 15.9 Å². The largest absolute Gasteiger partial charge is 0.497 e. The zero-order valence-corrected chi connectivity index (χ0v) is 15.4. The van der Waals surface area contributed by atoms with E-state index >= 15 is 0 Å². The van der Waals surface area contributed by atoms with Crippen LogP contribution in [0, 0.1) is 12.8 Å². The predicted octanol–water partition coefficient (Wildman–Crippen LogP) is 2.55. The van der Waals surface area contributed by atoms with E-state index in [-0.39, 0.29) is 5.92 Å². The number of amides is 1. The van der Waals surface area contributed by atoms with Crippen molar-refractivity contribution in [1.29, 1.82) is 0 Å². The molecule has 2 aliphatic rings. The number of carbonyl (C=O) groups excluding carboxylic acids is 1. The van der Waals surface area contributed by atoms with Gasteiger partial charge in [-0.2, -0.15) is 0 Å². The zero-order valence-electron chi connectivity index (χ0n) is 14.6. The number of nitrogens with zero attached hydrogens (tertiary/aromatic N) is 1. The molecule has 1 N–H and O–H groups in total. The number of methoxy groups -OCH3 is 1. The predicted molar refractivity (Wildman–Crippen MR) is 99.9 cm³/mol. The quantitative estimate of drug-likeness (QED) is 0.895. The molecule has 4 rings (SSSR count). The minimum Gasteiger partial charge on any atom is -0.497 e. The average Bonchev–Trinajstić information content (AvgIpc) is 3.32. The van der Waals surface area contributed by atoms with Gasteiger partial charge in [0.05, 0.1) is 12.8 Å². The summed E-state index contributed by atoms with van der Waals surface area (Å²) in [6.07, 6.45) is 0.375. The fraction of sp³-hybridized carbons (Fsp3) is 0.316. The standard InChI is InChI=1S/C19H20N2O4S/c1-13-3-7-16(8-4-13)21-12-14-11-19(14,26(21,23)24)18(22)20-15-5-9-17(25-2)10-6-15/h3-10,14H,11-12H2,1-2H3,(H,20,22). The summed E-state index contributed by atoms with van der Waals surface area (Å²) in [6.45, 7) is 2.30. The van der Waals surface area contributed by atoms with Gasteiger partial charge in [-0.3, -0.25) is 9.10 Å². The third-order valence-electron chi connectivity index (χ3n) is 5.24. The van der Waals surface area contributed by atoms with Crippen molar-refractivity contribution in [3.63, 3.8) is 0 Å². The number of anilines is 2. The first-order valence-electron chi connectivity index (χ1n) is 8.43. The number of aryl methyl sites for hydroxylation is 1. The van der Waals surface area contributed by atoms with Crippen molar-refractivity contribution in [2.24, 2.45) is 5.92 Å². The second-order valence-electron chi connectivity index (χ2n) is 6.84. The van der Waals surface area contributed by atoms with Gasteiger partial charge < -0.3 is 10.1 Å². The molecule has 2 aromatic rings. The Morgan fingerprint density at radius 3 is 2.42 bits per heavy atom. The third kappa shape index (κ3) is 2.38. The SMILES string of the molecule is COc1ccc(NC(=O)C23CC2CN(c2ccc(C)cc2)S3(=O)=O)cc1. The lowest BCUT2D eigenvalue weighted by atomic mass is 10.2. The first kappa shape index (κ1) is 16.9. The van der Waals surface area contributed by atoms with E-state index in [1.807, 2.05) is 19.1 Å². The highest BCUT2D eigenvalue weighted by molar-refractivity contribution is 7.95. The number of sulfonamides is 1. The number of fused-ring (bicyclic) bond motifs is 1. The molecule has 26 heavy (non-hydrogen) atoms. The fourth-order valence-corrected chi connectivity index (χ4v) is 5.95. The molecule has 7 heteroatoms. The molecule has 6 nitrogen and oxygen atoms in total. The van der Waals surface area contributed by atoms with Crippen LogP contribution in [0.25, 0.3) is 0 Å². The van der Waals surface area contributed by atoms with Crippen molar-refractivity contribution < 1.29 is 17.9 Å². The van der Waals surface area contributed by atoms with Gasteiger partial charge in [-0.25, -0.2) is 8.42 Å². The molecule has 1 saturated carbocycles. The molecule has 1 amide bonds. The Morgan fingerprint density at radius 2 is 1.81 bits per heavy atom. The molecule has 0 bridgehead atoms. The lowest BCUT2D eigenvalue weighted by molar-refractivity contribution is -0.116. The lowest BCUT2D eigenvalue weighted by Crippen LogP contribution is -2.42. The van der Waals surface area contributed by atoms with Crippen LogP contribution >= 0.6 is 0 Å². The van der Waals surface area contributed by atoms with Gasteiger partial charge >= 0.3 is 0 Å². The van der Waals surface area contributed by atoms with E-state index in [0.29, 0.717) is 30.1 Å². The summed E-state index contributed by atoms with van der Waals surface area (Å²) < 4.78 is 31.3. The maximum Gasteiger partial charge on any atom is 0.250 e. The highest BCUT2D eigenvalue weighted by Gasteiger charge is 2.75. The van der Waals surface area contributed by atoms with Crippen LogP contribution in [0.1, 0.15) is 12.0 Å². The van der Waals surface area contributed by atoms with Crippen LogP contribution in [-0.2, 0) is 14.8 Å². The van der Waals surface area contributed by atoms with Crippen LogP contribution in [0.3, 0.4) is 0 Å². The Balaban J connectivity index is 1.58. The van der Waals surface area contributed by atoms with Crippen LogP contribution in [-0.4, -0.2) is 32.7 Å². The summed E-state index contributed by atoms with van der Waals surface area (Å²) in [5.74, 6) is 0.0406. The van der Waals surface area contributed by atoms with E-state index in [9.17, 15) is 13.2 Å². The molecule has 2 fully saturated rings. The number of nitrogens with one attached hydrogen (secondary N) is 1. The van der Waals surface area contributed by atoms with Gasteiger partial charge in [-0.1, -0.05) is 17.7 Å². The van der Waals surface area contributed by atoms with Gasteiger partial charge in [0.1, 0.15) is 5.75 Å². The molecule has 0 radical (unpaired) electrons. The molecular formula is C19H20N2O4S. The molecule has 1 aliphatic heterocycles. The second kappa shape index (κ2) is 5.74. The normalized spacial score (nSPS) is 25.5. The molecular weight excluding hydrogens is 352 g/mol. The van der Waals surface area contributed by atoms with E-state index < -0.39 is 20.7 Å². The zero-order chi connectivity index (χ0) is 18.5. The van der Waals surface area contributed by atoms with Crippen molar-refractivity contribution in [2.45, 2.75) is 18.1 Å². The first-order chi connectivity index (χ1) is 12.4. The van der Waals surface area contributed by atoms with Gasteiger partial charge in [0.15, 0.2) is 4.75 Å². The summed E-state index contributed by atoms with van der Waals surface area (Å²) in [5.41, 5.74) is 2.22. The minimum absolute atomic E-state index is 0.174. The van der Waals surface area contributed by atoms with Crippen LogP contribution in [0.5, 0.6) is 5.75 Å². The number of hydrogen-bond donors (Lipinski definition) is 1. The smallest absolute Gasteiger partial charge is 0.250 e. The van der Waals surface area contributed by atoms with E-state index in [1.165, 1.54) is 4.31 Å². The summed E-state index contributed by atoms with van der Waals surface area (Å²) in [4.78, 5) is 12.8. The van der Waals surface area contributed by atoms with Crippen LogP contribution in [0.2, 0.25) is 0 Å². The van der Waals surface area contributed by atoms with E-state index in [1.54, 1.807) is 43.5 Å². The van der Waals surface area contributed by atoms with E-state index in [4.69, 9.17) is 4.74 Å². The van der Waals surface area contributed by atoms with E-state index in [2.05, 4.69) is 5.32 Å². The molecule has 0 spiro atoms. The monoisotopic (exact) mass is 372 g/mol. The minimum atomic E-state index is -3.75. The Kier molecular flexibility index (Phi) is 3.73. The Labute approximate surface area is 152 Å². The molecule has 1 aliphatic carbocycles. The van der Waals surface area contributed by atoms with Crippen LogP contribution in [0.4, 0.5) is 11.4 Å².